The Morgan fingerprint density at radius 3 is 2.32 bits per heavy atom. The van der Waals surface area contributed by atoms with Crippen LogP contribution in [0, 0.1) is 0 Å². The van der Waals surface area contributed by atoms with Gasteiger partial charge in [-0.2, -0.15) is 9.78 Å². The number of rotatable bonds is 8. The molecular weight excluding hydrogens is 541 g/mol. The van der Waals surface area contributed by atoms with Gasteiger partial charge in [0.1, 0.15) is 17.2 Å². The van der Waals surface area contributed by atoms with Crippen molar-refractivity contribution in [2.24, 2.45) is 0 Å². The largest absolute Gasteiger partial charge is 0.573 e. The van der Waals surface area contributed by atoms with Gasteiger partial charge in [0.2, 0.25) is 0 Å². The summed E-state index contributed by atoms with van der Waals surface area (Å²) in [6, 6.07) is 17.4. The molecule has 0 bridgehead atoms. The zero-order valence-electron chi connectivity index (χ0n) is 21.7. The molecule has 9 nitrogen and oxygen atoms in total. The van der Waals surface area contributed by atoms with Gasteiger partial charge in [0.15, 0.2) is 0 Å². The first-order valence-electron chi connectivity index (χ1n) is 12.6. The number of alkyl halides is 3. The standard InChI is InChI=1S/C29H25F3N4O5/c1-40-21-9-2-17(3-10-21)16-33-28(39)36-25(18-4-5-18)15-24(35-36)23-14-20(8-13-26(23)37)34-27(38)19-6-11-22(12-7-19)41-29(30,31)32/h2-3,6-15,18,37H,4-5,16H2,1H3,(H,33,39)(H,34,38). The van der Waals surface area contributed by atoms with E-state index in [9.17, 15) is 27.9 Å². The second-order valence-electron chi connectivity index (χ2n) is 9.41. The molecule has 41 heavy (non-hydrogen) atoms. The van der Waals surface area contributed by atoms with Gasteiger partial charge in [-0.1, -0.05) is 12.1 Å². The minimum absolute atomic E-state index is 0.1000. The molecule has 0 radical (unpaired) electrons. The molecule has 1 saturated carbocycles. The van der Waals surface area contributed by atoms with Crippen molar-refractivity contribution in [1.29, 1.82) is 0 Å². The van der Waals surface area contributed by atoms with E-state index < -0.39 is 24.1 Å². The molecule has 1 fully saturated rings. The second kappa shape index (κ2) is 11.2. The lowest BCUT2D eigenvalue weighted by molar-refractivity contribution is -0.274. The maximum absolute atomic E-state index is 13.1. The van der Waals surface area contributed by atoms with Crippen LogP contribution in [0.2, 0.25) is 0 Å². The van der Waals surface area contributed by atoms with E-state index in [1.807, 2.05) is 12.1 Å². The molecule has 1 aliphatic carbocycles. The van der Waals surface area contributed by atoms with E-state index in [4.69, 9.17) is 4.74 Å². The van der Waals surface area contributed by atoms with Crippen molar-refractivity contribution in [1.82, 2.24) is 15.1 Å². The topological polar surface area (TPSA) is 115 Å². The first-order chi connectivity index (χ1) is 19.6. The van der Waals surface area contributed by atoms with Crippen LogP contribution in [0.25, 0.3) is 11.3 Å². The molecule has 0 saturated heterocycles. The Kier molecular flexibility index (Phi) is 7.56. The van der Waals surface area contributed by atoms with Crippen molar-refractivity contribution >= 4 is 17.6 Å². The maximum atomic E-state index is 13.1. The van der Waals surface area contributed by atoms with Crippen LogP contribution in [-0.4, -0.2) is 40.3 Å². The Morgan fingerprint density at radius 2 is 1.68 bits per heavy atom. The summed E-state index contributed by atoms with van der Waals surface area (Å²) in [6.45, 7) is 0.276. The highest BCUT2D eigenvalue weighted by Crippen LogP contribution is 2.42. The number of phenols is 1. The van der Waals surface area contributed by atoms with E-state index in [0.717, 1.165) is 30.5 Å². The van der Waals surface area contributed by atoms with Crippen molar-refractivity contribution in [2.75, 3.05) is 12.4 Å². The van der Waals surface area contributed by atoms with Gasteiger partial charge in [-0.25, -0.2) is 4.79 Å². The van der Waals surface area contributed by atoms with E-state index in [1.165, 1.54) is 35.0 Å². The summed E-state index contributed by atoms with van der Waals surface area (Å²) in [7, 11) is 1.58. The molecule has 0 aliphatic heterocycles. The smallest absolute Gasteiger partial charge is 0.507 e. The lowest BCUT2D eigenvalue weighted by atomic mass is 10.1. The van der Waals surface area contributed by atoms with E-state index in [-0.39, 0.29) is 23.8 Å². The molecule has 0 spiro atoms. The third-order valence-corrected chi connectivity index (χ3v) is 6.41. The van der Waals surface area contributed by atoms with E-state index in [1.54, 1.807) is 25.3 Å². The summed E-state index contributed by atoms with van der Waals surface area (Å²) in [5, 5.41) is 20.5. The summed E-state index contributed by atoms with van der Waals surface area (Å²) >= 11 is 0. The first kappa shape index (κ1) is 27.6. The molecule has 1 heterocycles. The molecule has 3 N–H and O–H groups in total. The summed E-state index contributed by atoms with van der Waals surface area (Å²) in [4.78, 5) is 25.8. The van der Waals surface area contributed by atoms with Crippen LogP contribution in [0.15, 0.2) is 72.8 Å². The molecule has 212 valence electrons. The lowest BCUT2D eigenvalue weighted by Gasteiger charge is -2.10. The SMILES string of the molecule is COc1ccc(CNC(=O)n2nc(-c3cc(NC(=O)c4ccc(OC(F)(F)F)cc4)ccc3O)cc2C2CC2)cc1. The highest BCUT2D eigenvalue weighted by molar-refractivity contribution is 6.04. The highest BCUT2D eigenvalue weighted by atomic mass is 19.4. The predicted molar refractivity (Wildman–Crippen MR) is 143 cm³/mol. The molecule has 1 aromatic heterocycles. The molecule has 5 rings (SSSR count). The molecule has 12 heteroatoms. The van der Waals surface area contributed by atoms with Gasteiger partial charge in [0.05, 0.1) is 18.5 Å². The van der Waals surface area contributed by atoms with Crippen molar-refractivity contribution in [3.63, 3.8) is 0 Å². The number of carbonyl (C=O) groups excluding carboxylic acids is 2. The number of nitrogens with one attached hydrogen (secondary N) is 2. The number of ether oxygens (including phenoxy) is 2. The number of amides is 2. The fourth-order valence-corrected chi connectivity index (χ4v) is 4.19. The minimum Gasteiger partial charge on any atom is -0.507 e. The summed E-state index contributed by atoms with van der Waals surface area (Å²) in [6.07, 6.45) is -3.02. The van der Waals surface area contributed by atoms with Gasteiger partial charge in [-0.15, -0.1) is 13.2 Å². The lowest BCUT2D eigenvalue weighted by Crippen LogP contribution is -2.30. The predicted octanol–water partition coefficient (Wildman–Crippen LogP) is 6.05. The Balaban J connectivity index is 1.32. The number of aromatic nitrogens is 2. The molecule has 1 aliphatic rings. The summed E-state index contributed by atoms with van der Waals surface area (Å²) < 4.78 is 47.5. The van der Waals surface area contributed by atoms with Gasteiger partial charge in [0, 0.05) is 29.3 Å². The van der Waals surface area contributed by atoms with Crippen LogP contribution in [-0.2, 0) is 6.54 Å². The van der Waals surface area contributed by atoms with Crippen LogP contribution in [0.4, 0.5) is 23.7 Å². The minimum atomic E-state index is -4.84. The normalized spacial score (nSPS) is 13.0. The molecule has 0 unspecified atom stereocenters. The van der Waals surface area contributed by atoms with Crippen LogP contribution in [0.3, 0.4) is 0 Å². The molecule has 0 atom stereocenters. The Labute approximate surface area is 232 Å². The zero-order chi connectivity index (χ0) is 29.1. The number of carbonyl (C=O) groups is 2. The van der Waals surface area contributed by atoms with Crippen LogP contribution < -0.4 is 20.1 Å². The average Bonchev–Trinajstić information content (AvgIpc) is 3.70. The average molecular weight is 567 g/mol. The second-order valence-corrected chi connectivity index (χ2v) is 9.41. The van der Waals surface area contributed by atoms with Crippen molar-refractivity contribution in [3.8, 4) is 28.5 Å². The number of hydrogen-bond acceptors (Lipinski definition) is 6. The molecule has 2 amide bonds. The number of hydrogen-bond donors (Lipinski definition) is 3. The zero-order valence-corrected chi connectivity index (χ0v) is 21.7. The van der Waals surface area contributed by atoms with E-state index in [2.05, 4.69) is 20.5 Å². The van der Waals surface area contributed by atoms with Crippen molar-refractivity contribution in [2.45, 2.75) is 31.7 Å². The Hall–Kier alpha value is -5.00. The fraction of sp³-hybridized carbons (Fsp3) is 0.207. The first-order valence-corrected chi connectivity index (χ1v) is 12.6. The third-order valence-electron chi connectivity index (χ3n) is 6.41. The van der Waals surface area contributed by atoms with Gasteiger partial charge in [-0.05, 0) is 79.1 Å². The number of nitrogens with zero attached hydrogens (tertiary/aromatic N) is 2. The maximum Gasteiger partial charge on any atom is 0.573 e. The van der Waals surface area contributed by atoms with Crippen molar-refractivity contribution < 1.29 is 37.3 Å². The number of methoxy groups -OCH3 is 1. The number of anilines is 1. The van der Waals surface area contributed by atoms with E-state index in [0.29, 0.717) is 28.4 Å². The van der Waals surface area contributed by atoms with Crippen LogP contribution >= 0.6 is 0 Å². The van der Waals surface area contributed by atoms with Crippen molar-refractivity contribution in [3.05, 3.63) is 89.6 Å². The molecular formula is C29H25F3N4O5. The van der Waals surface area contributed by atoms with Crippen LogP contribution in [0.1, 0.15) is 40.4 Å². The Bertz CT molecular complexity index is 1560. The van der Waals surface area contributed by atoms with Crippen LogP contribution in [0.5, 0.6) is 17.2 Å². The molecule has 3 aromatic carbocycles. The fourth-order valence-electron chi connectivity index (χ4n) is 4.19. The summed E-state index contributed by atoms with van der Waals surface area (Å²) in [5.74, 6) is -0.266. The number of benzene rings is 3. The van der Waals surface area contributed by atoms with Gasteiger partial charge >= 0.3 is 12.4 Å². The van der Waals surface area contributed by atoms with E-state index >= 15 is 0 Å². The highest BCUT2D eigenvalue weighted by Gasteiger charge is 2.32. The number of aromatic hydroxyl groups is 1. The summed E-state index contributed by atoms with van der Waals surface area (Å²) in [5.41, 5.74) is 2.63. The quantitative estimate of drug-likeness (QED) is 0.224. The van der Waals surface area contributed by atoms with Gasteiger partial charge in [0.25, 0.3) is 5.91 Å². The van der Waals surface area contributed by atoms with Gasteiger partial charge in [-0.3, -0.25) is 4.79 Å². The number of halogens is 3. The number of phenolic OH excluding ortho intramolecular Hbond substituents is 1. The van der Waals surface area contributed by atoms with Gasteiger partial charge < -0.3 is 25.2 Å². The third kappa shape index (κ3) is 6.78. The molecule has 4 aromatic rings. The Morgan fingerprint density at radius 1 is 1.00 bits per heavy atom. The monoisotopic (exact) mass is 566 g/mol.